The summed E-state index contributed by atoms with van der Waals surface area (Å²) in [6.07, 6.45) is 11.0. The number of hydrogen-bond donors (Lipinski definition) is 1. The smallest absolute Gasteiger partial charge is 0.0936 e. The van der Waals surface area contributed by atoms with Crippen LogP contribution >= 0.6 is 24.0 Å². The number of piperidine rings is 1. The molecule has 1 atom stereocenters. The maximum atomic E-state index is 11.7. The summed E-state index contributed by atoms with van der Waals surface area (Å²) in [6.45, 7) is 3.40. The predicted molar refractivity (Wildman–Crippen MR) is 104 cm³/mol. The summed E-state index contributed by atoms with van der Waals surface area (Å²) in [4.78, 5) is 2.53. The van der Waals surface area contributed by atoms with Gasteiger partial charge in [-0.3, -0.25) is 0 Å². The number of rotatable bonds is 5. The van der Waals surface area contributed by atoms with Crippen LogP contribution in [0.5, 0.6) is 0 Å². The molecule has 2 nitrogen and oxygen atoms in total. The number of benzene rings is 1. The molecule has 1 aromatic rings. The Bertz CT molecular complexity index is 481. The normalized spacial score (nSPS) is 22.6. The van der Waals surface area contributed by atoms with Crippen molar-refractivity contribution in [3.63, 3.8) is 0 Å². The van der Waals surface area contributed by atoms with Crippen LogP contribution in [0.1, 0.15) is 63.4 Å². The zero-order valence-electron chi connectivity index (χ0n) is 14.6. The number of nitrogens with zero attached hydrogens (tertiary/aromatic N) is 1. The van der Waals surface area contributed by atoms with Crippen LogP contribution in [-0.4, -0.2) is 29.6 Å². The van der Waals surface area contributed by atoms with E-state index in [9.17, 15) is 5.11 Å². The fraction of sp³-hybridized carbons (Fsp3) is 0.700. The monoisotopic (exact) mass is 371 g/mol. The molecule has 0 aromatic heterocycles. The minimum atomic E-state index is -0.692. The first kappa shape index (κ1) is 20.0. The van der Waals surface area contributed by atoms with E-state index in [4.69, 9.17) is 11.6 Å². The molecule has 1 N–H and O–H groups in total. The summed E-state index contributed by atoms with van der Waals surface area (Å²) in [5.41, 5.74) is 0.369. The second kappa shape index (κ2) is 9.43. The second-order valence-corrected chi connectivity index (χ2v) is 7.85. The molecule has 0 amide bonds. The lowest BCUT2D eigenvalue weighted by molar-refractivity contribution is -0.0528. The predicted octanol–water partition coefficient (Wildman–Crippen LogP) is 5.41. The Kier molecular flexibility index (Phi) is 7.87. The van der Waals surface area contributed by atoms with E-state index in [1.54, 1.807) is 0 Å². The molecule has 136 valence electrons. The van der Waals surface area contributed by atoms with Crippen LogP contribution in [0.25, 0.3) is 0 Å². The van der Waals surface area contributed by atoms with E-state index >= 15 is 0 Å². The quantitative estimate of drug-likeness (QED) is 0.747. The van der Waals surface area contributed by atoms with Crippen LogP contribution in [0.4, 0.5) is 0 Å². The van der Waals surface area contributed by atoms with Crippen molar-refractivity contribution in [3.05, 3.63) is 34.9 Å². The molecule has 2 aliphatic rings. The zero-order valence-corrected chi connectivity index (χ0v) is 16.1. The van der Waals surface area contributed by atoms with Crippen LogP contribution < -0.4 is 0 Å². The largest absolute Gasteiger partial charge is 0.385 e. The van der Waals surface area contributed by atoms with Gasteiger partial charge in [0, 0.05) is 11.6 Å². The summed E-state index contributed by atoms with van der Waals surface area (Å²) in [5.74, 6) is 0.391. The molecule has 1 heterocycles. The van der Waals surface area contributed by atoms with Crippen molar-refractivity contribution < 1.29 is 5.11 Å². The van der Waals surface area contributed by atoms with Gasteiger partial charge in [0.2, 0.25) is 0 Å². The van der Waals surface area contributed by atoms with Crippen LogP contribution in [-0.2, 0) is 5.60 Å². The van der Waals surface area contributed by atoms with E-state index in [2.05, 4.69) is 4.90 Å². The fourth-order valence-corrected chi connectivity index (χ4v) is 4.54. The first-order valence-electron chi connectivity index (χ1n) is 9.39. The highest BCUT2D eigenvalue weighted by Crippen LogP contribution is 2.42. The van der Waals surface area contributed by atoms with E-state index < -0.39 is 5.60 Å². The molecule has 1 saturated carbocycles. The van der Waals surface area contributed by atoms with E-state index in [-0.39, 0.29) is 12.4 Å². The van der Waals surface area contributed by atoms with Gasteiger partial charge >= 0.3 is 0 Å². The SMILES string of the molecule is Cl.OC(CCN1CCCCC1)(c1ccc(Cl)cc1)C1CCCCC1. The van der Waals surface area contributed by atoms with E-state index in [0.717, 1.165) is 36.4 Å². The van der Waals surface area contributed by atoms with Gasteiger partial charge < -0.3 is 10.0 Å². The third kappa shape index (κ3) is 4.88. The highest BCUT2D eigenvalue weighted by atomic mass is 35.5. The Hall–Kier alpha value is -0.280. The van der Waals surface area contributed by atoms with Crippen molar-refractivity contribution in [2.24, 2.45) is 5.92 Å². The maximum Gasteiger partial charge on any atom is 0.0936 e. The van der Waals surface area contributed by atoms with Crippen molar-refractivity contribution in [3.8, 4) is 0 Å². The Morgan fingerprint density at radius 1 is 0.958 bits per heavy atom. The van der Waals surface area contributed by atoms with Gasteiger partial charge in [0.15, 0.2) is 0 Å². The van der Waals surface area contributed by atoms with Gasteiger partial charge in [0.05, 0.1) is 5.60 Å². The molecular formula is C20H31Cl2NO. The van der Waals surface area contributed by atoms with Gasteiger partial charge in [-0.15, -0.1) is 12.4 Å². The summed E-state index contributed by atoms with van der Waals surface area (Å²) in [7, 11) is 0. The first-order chi connectivity index (χ1) is 11.2. The van der Waals surface area contributed by atoms with Crippen molar-refractivity contribution in [2.75, 3.05) is 19.6 Å². The maximum absolute atomic E-state index is 11.7. The third-order valence-electron chi connectivity index (χ3n) is 5.88. The molecule has 0 bridgehead atoms. The summed E-state index contributed by atoms with van der Waals surface area (Å²) >= 11 is 6.06. The lowest BCUT2D eigenvalue weighted by atomic mass is 9.71. The number of hydrogen-bond acceptors (Lipinski definition) is 2. The number of aliphatic hydroxyl groups is 1. The molecule has 1 unspecified atom stereocenters. The van der Waals surface area contributed by atoms with Crippen LogP contribution in [0, 0.1) is 5.92 Å². The van der Waals surface area contributed by atoms with Crippen molar-refractivity contribution in [2.45, 2.75) is 63.4 Å². The molecular weight excluding hydrogens is 341 g/mol. The molecule has 1 aliphatic carbocycles. The average molecular weight is 372 g/mol. The molecule has 1 saturated heterocycles. The van der Waals surface area contributed by atoms with Crippen molar-refractivity contribution >= 4 is 24.0 Å². The molecule has 0 spiro atoms. The Morgan fingerprint density at radius 2 is 1.54 bits per heavy atom. The van der Waals surface area contributed by atoms with Gasteiger partial charge in [-0.25, -0.2) is 0 Å². The Balaban J connectivity index is 0.00000208. The molecule has 1 aromatic carbocycles. The lowest BCUT2D eigenvalue weighted by Crippen LogP contribution is -2.41. The minimum absolute atomic E-state index is 0. The molecule has 0 radical (unpaired) electrons. The summed E-state index contributed by atoms with van der Waals surface area (Å²) < 4.78 is 0. The topological polar surface area (TPSA) is 23.5 Å². The van der Waals surface area contributed by atoms with Gasteiger partial charge in [-0.2, -0.15) is 0 Å². The van der Waals surface area contributed by atoms with Gasteiger partial charge in [-0.05, 0) is 68.8 Å². The van der Waals surface area contributed by atoms with Crippen molar-refractivity contribution in [1.29, 1.82) is 0 Å². The zero-order chi connectivity index (χ0) is 16.1. The van der Waals surface area contributed by atoms with Crippen molar-refractivity contribution in [1.82, 2.24) is 4.90 Å². The standard InChI is InChI=1S/C20H30ClNO.ClH/c21-19-11-9-18(10-12-19)20(23,17-7-3-1-4-8-17)13-16-22-14-5-2-6-15-22;/h9-12,17,23H,1-8,13-16H2;1H. The van der Waals surface area contributed by atoms with E-state index in [0.29, 0.717) is 5.92 Å². The Labute approximate surface area is 158 Å². The van der Waals surface area contributed by atoms with Crippen LogP contribution in [0.2, 0.25) is 5.02 Å². The summed E-state index contributed by atoms with van der Waals surface area (Å²) in [6, 6.07) is 7.91. The lowest BCUT2D eigenvalue weighted by Gasteiger charge is -2.41. The average Bonchev–Trinajstić information content (AvgIpc) is 2.62. The molecule has 4 heteroatoms. The molecule has 2 fully saturated rings. The van der Waals surface area contributed by atoms with E-state index in [1.807, 2.05) is 24.3 Å². The van der Waals surface area contributed by atoms with Crippen LogP contribution in [0.15, 0.2) is 24.3 Å². The minimum Gasteiger partial charge on any atom is -0.385 e. The molecule has 24 heavy (non-hydrogen) atoms. The number of likely N-dealkylation sites (tertiary alicyclic amines) is 1. The highest BCUT2D eigenvalue weighted by molar-refractivity contribution is 6.30. The molecule has 3 rings (SSSR count). The first-order valence-corrected chi connectivity index (χ1v) is 9.77. The summed E-state index contributed by atoms with van der Waals surface area (Å²) in [5, 5.41) is 12.4. The van der Waals surface area contributed by atoms with Gasteiger partial charge in [0.25, 0.3) is 0 Å². The molecule has 1 aliphatic heterocycles. The van der Waals surface area contributed by atoms with Crippen LogP contribution in [0.3, 0.4) is 0 Å². The van der Waals surface area contributed by atoms with Gasteiger partial charge in [0.1, 0.15) is 0 Å². The third-order valence-corrected chi connectivity index (χ3v) is 6.13. The second-order valence-electron chi connectivity index (χ2n) is 7.42. The number of halogens is 2. The van der Waals surface area contributed by atoms with E-state index in [1.165, 1.54) is 51.6 Å². The van der Waals surface area contributed by atoms with Gasteiger partial charge in [-0.1, -0.05) is 49.4 Å². The Morgan fingerprint density at radius 3 is 2.17 bits per heavy atom. The fourth-order valence-electron chi connectivity index (χ4n) is 4.41. The highest BCUT2D eigenvalue weighted by Gasteiger charge is 2.38.